The smallest absolute Gasteiger partial charge is 0.254 e. The minimum Gasteiger partial charge on any atom is -0.497 e. The van der Waals surface area contributed by atoms with Crippen LogP contribution in [0.5, 0.6) is 5.75 Å². The lowest BCUT2D eigenvalue weighted by Crippen LogP contribution is -2.53. The lowest BCUT2D eigenvalue weighted by Gasteiger charge is -2.36. The third-order valence-electron chi connectivity index (χ3n) is 7.47. The topological polar surface area (TPSA) is 91.3 Å². The summed E-state index contributed by atoms with van der Waals surface area (Å²) in [6.07, 6.45) is 0. The Bertz CT molecular complexity index is 1310. The van der Waals surface area contributed by atoms with Gasteiger partial charge in [0, 0.05) is 68.5 Å². The molecule has 2 saturated heterocycles. The Morgan fingerprint density at radius 3 is 2.39 bits per heavy atom. The van der Waals surface area contributed by atoms with Crippen LogP contribution in [-0.2, 0) is 9.53 Å². The van der Waals surface area contributed by atoms with E-state index in [1.54, 1.807) is 36.3 Å². The number of hydrogen-bond donors (Lipinski definition) is 0. The van der Waals surface area contributed by atoms with Crippen LogP contribution in [0.25, 0.3) is 11.3 Å². The highest BCUT2D eigenvalue weighted by molar-refractivity contribution is 6.30. The Morgan fingerprint density at radius 1 is 0.951 bits per heavy atom. The van der Waals surface area contributed by atoms with E-state index in [1.807, 2.05) is 41.3 Å². The predicted octanol–water partition coefficient (Wildman–Crippen LogP) is 2.93. The quantitative estimate of drug-likeness (QED) is 0.383. The van der Waals surface area contributed by atoms with Crippen LogP contribution >= 0.6 is 11.6 Å². The molecule has 41 heavy (non-hydrogen) atoms. The van der Waals surface area contributed by atoms with E-state index in [0.29, 0.717) is 63.1 Å². The SMILES string of the molecule is COc1cccc(-c2ccc(N3CCN(C(=O)CN(CCN4CCOCC4)C(=O)c4ccc(Cl)cc4)CC3)nn2)c1. The Kier molecular flexibility index (Phi) is 9.66. The van der Waals surface area contributed by atoms with Gasteiger partial charge in [0.1, 0.15) is 12.3 Å². The van der Waals surface area contributed by atoms with Crippen LogP contribution in [0.15, 0.2) is 60.7 Å². The van der Waals surface area contributed by atoms with Gasteiger partial charge in [-0.25, -0.2) is 0 Å². The first-order valence-corrected chi connectivity index (χ1v) is 14.2. The average Bonchev–Trinajstić information content (AvgIpc) is 3.03. The number of piperazine rings is 1. The van der Waals surface area contributed by atoms with Crippen molar-refractivity contribution in [2.45, 2.75) is 0 Å². The van der Waals surface area contributed by atoms with E-state index >= 15 is 0 Å². The molecule has 0 saturated carbocycles. The fourth-order valence-corrected chi connectivity index (χ4v) is 5.12. The third-order valence-corrected chi connectivity index (χ3v) is 7.72. The van der Waals surface area contributed by atoms with Gasteiger partial charge in [0.15, 0.2) is 5.82 Å². The van der Waals surface area contributed by atoms with Crippen molar-refractivity contribution >= 4 is 29.2 Å². The third kappa shape index (κ3) is 7.52. The molecule has 3 heterocycles. The predicted molar refractivity (Wildman–Crippen MR) is 157 cm³/mol. The number of rotatable bonds is 9. The van der Waals surface area contributed by atoms with Crippen molar-refractivity contribution in [3.05, 3.63) is 71.2 Å². The average molecular weight is 579 g/mol. The molecule has 3 aromatic rings. The number of hydrogen-bond acceptors (Lipinski definition) is 8. The van der Waals surface area contributed by atoms with Gasteiger partial charge in [0.2, 0.25) is 5.91 Å². The summed E-state index contributed by atoms with van der Waals surface area (Å²) in [6, 6.07) is 18.4. The van der Waals surface area contributed by atoms with E-state index in [9.17, 15) is 9.59 Å². The summed E-state index contributed by atoms with van der Waals surface area (Å²) in [6.45, 7) is 6.55. The summed E-state index contributed by atoms with van der Waals surface area (Å²) < 4.78 is 10.7. The minimum absolute atomic E-state index is 0.0286. The zero-order valence-corrected chi connectivity index (χ0v) is 24.0. The number of ether oxygens (including phenoxy) is 2. The molecule has 2 aliphatic heterocycles. The maximum Gasteiger partial charge on any atom is 0.254 e. The summed E-state index contributed by atoms with van der Waals surface area (Å²) >= 11 is 6.03. The van der Waals surface area contributed by atoms with Gasteiger partial charge in [-0.2, -0.15) is 0 Å². The Hall–Kier alpha value is -3.73. The van der Waals surface area contributed by atoms with Crippen molar-refractivity contribution in [3.63, 3.8) is 0 Å². The highest BCUT2D eigenvalue weighted by Crippen LogP contribution is 2.23. The first-order chi connectivity index (χ1) is 20.0. The molecule has 0 spiro atoms. The van der Waals surface area contributed by atoms with Crippen molar-refractivity contribution in [1.29, 1.82) is 0 Å². The van der Waals surface area contributed by atoms with E-state index in [0.717, 1.165) is 35.9 Å². The lowest BCUT2D eigenvalue weighted by atomic mass is 10.1. The van der Waals surface area contributed by atoms with Crippen molar-refractivity contribution in [1.82, 2.24) is 24.9 Å². The molecule has 10 nitrogen and oxygen atoms in total. The molecule has 216 valence electrons. The standard InChI is InChI=1S/C30H35ClN6O4/c1-40-26-4-2-3-24(21-26)27-9-10-28(33-32-27)35-13-15-36(16-14-35)29(38)22-37(12-11-34-17-19-41-20-18-34)30(39)23-5-7-25(31)8-6-23/h2-10,21H,11-20,22H2,1H3. The molecule has 11 heteroatoms. The fourth-order valence-electron chi connectivity index (χ4n) is 4.99. The van der Waals surface area contributed by atoms with Gasteiger partial charge >= 0.3 is 0 Å². The van der Waals surface area contributed by atoms with Crippen LogP contribution in [0.4, 0.5) is 5.82 Å². The highest BCUT2D eigenvalue weighted by Gasteiger charge is 2.26. The van der Waals surface area contributed by atoms with Gasteiger partial charge in [-0.3, -0.25) is 14.5 Å². The van der Waals surface area contributed by atoms with Gasteiger partial charge in [0.05, 0.1) is 26.0 Å². The summed E-state index contributed by atoms with van der Waals surface area (Å²) in [4.78, 5) is 34.6. The van der Waals surface area contributed by atoms with Crippen molar-refractivity contribution in [2.24, 2.45) is 0 Å². The van der Waals surface area contributed by atoms with Gasteiger partial charge < -0.3 is 24.2 Å². The number of morpholine rings is 1. The number of nitrogens with zero attached hydrogens (tertiary/aromatic N) is 6. The van der Waals surface area contributed by atoms with Crippen LogP contribution in [0.3, 0.4) is 0 Å². The number of methoxy groups -OCH3 is 1. The number of aromatic nitrogens is 2. The van der Waals surface area contributed by atoms with E-state index in [4.69, 9.17) is 21.1 Å². The van der Waals surface area contributed by atoms with Crippen molar-refractivity contribution < 1.29 is 19.1 Å². The molecule has 5 rings (SSSR count). The Balaban J connectivity index is 1.18. The molecule has 0 N–H and O–H groups in total. The molecule has 2 amide bonds. The molecule has 1 aromatic heterocycles. The Morgan fingerprint density at radius 2 is 1.71 bits per heavy atom. The zero-order chi connectivity index (χ0) is 28.6. The monoisotopic (exact) mass is 578 g/mol. The summed E-state index contributed by atoms with van der Waals surface area (Å²) in [7, 11) is 1.64. The zero-order valence-electron chi connectivity index (χ0n) is 23.2. The van der Waals surface area contributed by atoms with Gasteiger partial charge in [-0.1, -0.05) is 23.7 Å². The minimum atomic E-state index is -0.173. The van der Waals surface area contributed by atoms with Crippen LogP contribution in [0.1, 0.15) is 10.4 Å². The molecule has 2 aliphatic rings. The maximum absolute atomic E-state index is 13.4. The second-order valence-electron chi connectivity index (χ2n) is 10.1. The van der Waals surface area contributed by atoms with E-state index in [2.05, 4.69) is 20.0 Å². The first-order valence-electron chi connectivity index (χ1n) is 13.9. The number of anilines is 1. The largest absolute Gasteiger partial charge is 0.497 e. The molecule has 2 fully saturated rings. The summed E-state index contributed by atoms with van der Waals surface area (Å²) in [5, 5.41) is 9.42. The molecule has 0 bridgehead atoms. The second kappa shape index (κ2) is 13.8. The van der Waals surface area contributed by atoms with Crippen molar-refractivity contribution in [3.8, 4) is 17.0 Å². The summed E-state index contributed by atoms with van der Waals surface area (Å²) in [5.41, 5.74) is 2.22. The van der Waals surface area contributed by atoms with Crippen LogP contribution in [0.2, 0.25) is 5.02 Å². The molecule has 0 unspecified atom stereocenters. The fraction of sp³-hybridized carbons (Fsp3) is 0.400. The van der Waals surface area contributed by atoms with Crippen LogP contribution in [-0.4, -0.2) is 116 Å². The van der Waals surface area contributed by atoms with Gasteiger partial charge in [-0.15, -0.1) is 10.2 Å². The number of carbonyl (C=O) groups is 2. The molecule has 0 radical (unpaired) electrons. The lowest BCUT2D eigenvalue weighted by molar-refractivity contribution is -0.132. The van der Waals surface area contributed by atoms with E-state index < -0.39 is 0 Å². The Labute approximate surface area is 245 Å². The second-order valence-corrected chi connectivity index (χ2v) is 10.5. The van der Waals surface area contributed by atoms with Gasteiger partial charge in [-0.05, 0) is 48.5 Å². The maximum atomic E-state index is 13.4. The van der Waals surface area contributed by atoms with Crippen LogP contribution in [0, 0.1) is 0 Å². The molecule has 0 atom stereocenters. The number of halogens is 1. The number of carbonyl (C=O) groups excluding carboxylic acids is 2. The molecule has 0 aliphatic carbocycles. The highest BCUT2D eigenvalue weighted by atomic mass is 35.5. The van der Waals surface area contributed by atoms with Crippen molar-refractivity contribution in [2.75, 3.05) is 84.1 Å². The van der Waals surface area contributed by atoms with Gasteiger partial charge in [0.25, 0.3) is 5.91 Å². The summed E-state index contributed by atoms with van der Waals surface area (Å²) in [5.74, 6) is 1.30. The van der Waals surface area contributed by atoms with E-state index in [1.165, 1.54) is 0 Å². The molecular formula is C30H35ClN6O4. The van der Waals surface area contributed by atoms with E-state index in [-0.39, 0.29) is 18.4 Å². The number of amides is 2. The molecule has 2 aromatic carbocycles. The number of benzene rings is 2. The first kappa shape index (κ1) is 28.8. The normalized spacial score (nSPS) is 16.0. The molecular weight excluding hydrogens is 544 g/mol. The van der Waals surface area contributed by atoms with Crippen LogP contribution < -0.4 is 9.64 Å².